The number of ether oxygens (including phenoxy) is 1. The molecule has 0 heterocycles. The third kappa shape index (κ3) is 3.15. The van der Waals surface area contributed by atoms with E-state index in [4.69, 9.17) is 4.74 Å². The molecular formula is C18H21O3P. The summed E-state index contributed by atoms with van der Waals surface area (Å²) in [5, 5.41) is 1.39. The van der Waals surface area contributed by atoms with Crippen molar-refractivity contribution in [2.24, 2.45) is 0 Å². The lowest BCUT2D eigenvalue weighted by Crippen LogP contribution is -2.32. The Hall–Kier alpha value is -1.86. The predicted octanol–water partition coefficient (Wildman–Crippen LogP) is 3.34. The van der Waals surface area contributed by atoms with E-state index in [0.717, 1.165) is 0 Å². The topological polar surface area (TPSA) is 43.4 Å². The van der Waals surface area contributed by atoms with Crippen LogP contribution in [0.25, 0.3) is 0 Å². The molecule has 0 amide bonds. The number of esters is 1. The van der Waals surface area contributed by atoms with Gasteiger partial charge in [0.15, 0.2) is 7.14 Å². The van der Waals surface area contributed by atoms with Crippen molar-refractivity contribution >= 4 is 23.7 Å². The minimum atomic E-state index is -3.09. The maximum absolute atomic E-state index is 14.0. The Labute approximate surface area is 131 Å². The van der Waals surface area contributed by atoms with Crippen molar-refractivity contribution in [1.29, 1.82) is 0 Å². The number of rotatable bonds is 6. The largest absolute Gasteiger partial charge is 0.465 e. The molecule has 2 rings (SSSR count). The third-order valence-corrected chi connectivity index (χ3v) is 7.25. The summed E-state index contributed by atoms with van der Waals surface area (Å²) in [7, 11) is -3.09. The van der Waals surface area contributed by atoms with Crippen LogP contribution in [0, 0.1) is 0 Å². The molecule has 0 saturated heterocycles. The highest BCUT2D eigenvalue weighted by atomic mass is 31.2. The monoisotopic (exact) mass is 316 g/mol. The van der Waals surface area contributed by atoms with E-state index < -0.39 is 12.8 Å². The summed E-state index contributed by atoms with van der Waals surface area (Å²) in [5.41, 5.74) is -0.655. The summed E-state index contributed by atoms with van der Waals surface area (Å²) in [6, 6.07) is 18.5. The number of hydrogen-bond acceptors (Lipinski definition) is 3. The Morgan fingerprint density at radius 1 is 0.955 bits per heavy atom. The average Bonchev–Trinajstić information content (AvgIpc) is 2.57. The van der Waals surface area contributed by atoms with Crippen molar-refractivity contribution in [2.45, 2.75) is 25.9 Å². The van der Waals surface area contributed by atoms with Gasteiger partial charge in [-0.15, -0.1) is 0 Å². The zero-order valence-electron chi connectivity index (χ0n) is 12.9. The third-order valence-electron chi connectivity index (χ3n) is 3.66. The van der Waals surface area contributed by atoms with Crippen molar-refractivity contribution in [3.05, 3.63) is 60.7 Å². The van der Waals surface area contributed by atoms with Crippen LogP contribution in [-0.4, -0.2) is 18.2 Å². The molecule has 0 N–H and O–H groups in total. The number of hydrogen-bond donors (Lipinski definition) is 0. The molecular weight excluding hydrogens is 295 g/mol. The second-order valence-electron chi connectivity index (χ2n) is 5.01. The second kappa shape index (κ2) is 7.42. The summed E-state index contributed by atoms with van der Waals surface area (Å²) >= 11 is 0. The maximum atomic E-state index is 14.0. The Morgan fingerprint density at radius 2 is 1.41 bits per heavy atom. The lowest BCUT2D eigenvalue weighted by molar-refractivity contribution is -0.142. The predicted molar refractivity (Wildman–Crippen MR) is 90.5 cm³/mol. The van der Waals surface area contributed by atoms with Gasteiger partial charge in [0.05, 0.1) is 6.61 Å². The van der Waals surface area contributed by atoms with E-state index >= 15 is 0 Å². The highest BCUT2D eigenvalue weighted by Crippen LogP contribution is 2.50. The molecule has 22 heavy (non-hydrogen) atoms. The first-order valence-electron chi connectivity index (χ1n) is 7.52. The molecule has 3 nitrogen and oxygen atoms in total. The van der Waals surface area contributed by atoms with Crippen LogP contribution in [0.5, 0.6) is 0 Å². The van der Waals surface area contributed by atoms with Crippen molar-refractivity contribution in [2.75, 3.05) is 6.61 Å². The summed E-state index contributed by atoms with van der Waals surface area (Å²) in [6.07, 6.45) is 0.472. The van der Waals surface area contributed by atoms with Crippen molar-refractivity contribution < 1.29 is 14.1 Å². The second-order valence-corrected chi connectivity index (χ2v) is 7.98. The molecule has 0 radical (unpaired) electrons. The van der Waals surface area contributed by atoms with E-state index in [1.165, 1.54) is 0 Å². The van der Waals surface area contributed by atoms with Crippen LogP contribution in [0.15, 0.2) is 60.7 Å². The van der Waals surface area contributed by atoms with Crippen LogP contribution in [0.3, 0.4) is 0 Å². The molecule has 0 aliphatic rings. The molecule has 1 atom stereocenters. The quantitative estimate of drug-likeness (QED) is 0.606. The zero-order chi connectivity index (χ0) is 16.0. The fourth-order valence-electron chi connectivity index (χ4n) is 2.62. The van der Waals surface area contributed by atoms with Gasteiger partial charge in [-0.3, -0.25) is 4.79 Å². The van der Waals surface area contributed by atoms with Crippen LogP contribution in [0.4, 0.5) is 0 Å². The van der Waals surface area contributed by atoms with E-state index in [-0.39, 0.29) is 5.97 Å². The number of carbonyl (C=O) groups excluding carboxylic acids is 1. The van der Waals surface area contributed by atoms with Gasteiger partial charge in [-0.2, -0.15) is 0 Å². The molecule has 4 heteroatoms. The molecule has 0 aliphatic carbocycles. The summed E-state index contributed by atoms with van der Waals surface area (Å²) in [4.78, 5) is 12.4. The van der Waals surface area contributed by atoms with E-state index in [9.17, 15) is 9.36 Å². The zero-order valence-corrected chi connectivity index (χ0v) is 13.8. The first-order valence-corrected chi connectivity index (χ1v) is 9.29. The first-order chi connectivity index (χ1) is 10.6. The van der Waals surface area contributed by atoms with Gasteiger partial charge in [-0.25, -0.2) is 0 Å². The van der Waals surface area contributed by atoms with E-state index in [2.05, 4.69) is 0 Å². The molecule has 0 unspecified atom stereocenters. The van der Waals surface area contributed by atoms with Crippen LogP contribution < -0.4 is 10.6 Å². The Morgan fingerprint density at radius 3 is 1.77 bits per heavy atom. The van der Waals surface area contributed by atoms with E-state index in [1.54, 1.807) is 6.92 Å². The normalized spacial score (nSPS) is 12.6. The fourth-order valence-corrected chi connectivity index (χ4v) is 5.75. The van der Waals surface area contributed by atoms with Gasteiger partial charge in [0.2, 0.25) is 0 Å². The summed E-state index contributed by atoms with van der Waals surface area (Å²) in [5.74, 6) is -0.388. The fraction of sp³-hybridized carbons (Fsp3) is 0.278. The van der Waals surface area contributed by atoms with Crippen molar-refractivity contribution in [3.8, 4) is 0 Å². The van der Waals surface area contributed by atoms with Gasteiger partial charge < -0.3 is 9.30 Å². The van der Waals surface area contributed by atoms with E-state index in [1.807, 2.05) is 67.6 Å². The summed E-state index contributed by atoms with van der Waals surface area (Å²) in [6.45, 7) is 3.93. The number of benzene rings is 2. The van der Waals surface area contributed by atoms with Gasteiger partial charge in [0.1, 0.15) is 5.66 Å². The van der Waals surface area contributed by atoms with Gasteiger partial charge in [-0.05, 0) is 13.3 Å². The lowest BCUT2D eigenvalue weighted by Gasteiger charge is -2.26. The van der Waals surface area contributed by atoms with Crippen LogP contribution >= 0.6 is 7.14 Å². The van der Waals surface area contributed by atoms with Crippen LogP contribution in [-0.2, 0) is 14.1 Å². The molecule has 0 bridgehead atoms. The van der Waals surface area contributed by atoms with Crippen LogP contribution in [0.2, 0.25) is 0 Å². The lowest BCUT2D eigenvalue weighted by atomic mass is 10.3. The van der Waals surface area contributed by atoms with Gasteiger partial charge in [-0.1, -0.05) is 67.6 Å². The Kier molecular flexibility index (Phi) is 5.57. The van der Waals surface area contributed by atoms with Crippen molar-refractivity contribution in [3.63, 3.8) is 0 Å². The summed E-state index contributed by atoms with van der Waals surface area (Å²) < 4.78 is 19.1. The smallest absolute Gasteiger partial charge is 0.317 e. The van der Waals surface area contributed by atoms with Gasteiger partial charge >= 0.3 is 5.97 Å². The van der Waals surface area contributed by atoms with Gasteiger partial charge in [0, 0.05) is 10.6 Å². The average molecular weight is 316 g/mol. The first kappa shape index (κ1) is 16.5. The van der Waals surface area contributed by atoms with Crippen molar-refractivity contribution in [1.82, 2.24) is 0 Å². The minimum absolute atomic E-state index is 0.291. The van der Waals surface area contributed by atoms with Crippen LogP contribution in [0.1, 0.15) is 20.3 Å². The molecule has 2 aromatic rings. The van der Waals surface area contributed by atoms with Gasteiger partial charge in [0.25, 0.3) is 0 Å². The standard InChI is InChI=1S/C18H21O3P/c1-3-17(18(19)21-4-2)22(20,15-11-7-5-8-12-15)16-13-9-6-10-14-16/h5-14,17H,3-4H2,1-2H3/t17-/m1/s1. The molecule has 0 fully saturated rings. The SMILES string of the molecule is CCOC(=O)[C@@H](CC)P(=O)(c1ccccc1)c1ccccc1. The highest BCUT2D eigenvalue weighted by molar-refractivity contribution is 7.80. The number of carbonyl (C=O) groups is 1. The molecule has 0 spiro atoms. The molecule has 2 aromatic carbocycles. The minimum Gasteiger partial charge on any atom is -0.465 e. The molecule has 0 aromatic heterocycles. The Bertz CT molecular complexity index is 609. The highest BCUT2D eigenvalue weighted by Gasteiger charge is 2.41. The van der Waals surface area contributed by atoms with E-state index in [0.29, 0.717) is 23.6 Å². The molecule has 116 valence electrons. The maximum Gasteiger partial charge on any atom is 0.317 e. The molecule has 0 saturated carbocycles. The Balaban J connectivity index is 2.60. The molecule has 0 aliphatic heterocycles.